The minimum absolute atomic E-state index is 0.115. The van der Waals surface area contributed by atoms with Crippen LogP contribution < -0.4 is 5.32 Å². The summed E-state index contributed by atoms with van der Waals surface area (Å²) in [5.74, 6) is -0.303. The fourth-order valence-corrected chi connectivity index (χ4v) is 2.79. The normalized spacial score (nSPS) is 11.8. The number of benzene rings is 1. The van der Waals surface area contributed by atoms with Crippen molar-refractivity contribution in [3.05, 3.63) is 53.3 Å². The highest BCUT2D eigenvalue weighted by Gasteiger charge is 2.35. The molecular formula is C13H8F3N3OS. The lowest BCUT2D eigenvalue weighted by molar-refractivity contribution is -0.141. The monoisotopic (exact) mass is 311 g/mol. The van der Waals surface area contributed by atoms with Gasteiger partial charge in [0.2, 0.25) is 0 Å². The largest absolute Gasteiger partial charge is 0.432 e. The molecule has 0 unspecified atom stereocenters. The van der Waals surface area contributed by atoms with Crippen LogP contribution in [0.5, 0.6) is 0 Å². The first-order valence-corrected chi connectivity index (χ1v) is 6.73. The van der Waals surface area contributed by atoms with Crippen LogP contribution in [0.2, 0.25) is 0 Å². The number of carbonyl (C=O) groups excluding carboxylic acids is 1. The molecule has 0 aliphatic carbocycles. The molecule has 1 N–H and O–H groups in total. The second-order valence-electron chi connectivity index (χ2n) is 4.21. The highest BCUT2D eigenvalue weighted by atomic mass is 32.1. The topological polar surface area (TPSA) is 46.4 Å². The van der Waals surface area contributed by atoms with Crippen molar-refractivity contribution in [1.29, 1.82) is 0 Å². The number of anilines is 1. The first-order valence-electron chi connectivity index (χ1n) is 5.85. The predicted molar refractivity (Wildman–Crippen MR) is 72.5 cm³/mol. The van der Waals surface area contributed by atoms with Gasteiger partial charge in [-0.05, 0) is 12.1 Å². The Balaban J connectivity index is 1.92. The summed E-state index contributed by atoms with van der Waals surface area (Å²) in [7, 11) is 0. The molecule has 1 amide bonds. The maximum Gasteiger partial charge on any atom is 0.432 e. The van der Waals surface area contributed by atoms with E-state index in [4.69, 9.17) is 0 Å². The second kappa shape index (κ2) is 4.88. The van der Waals surface area contributed by atoms with Gasteiger partial charge in [-0.2, -0.15) is 13.2 Å². The fraction of sp³-hybridized carbons (Fsp3) is 0.0769. The lowest BCUT2D eigenvalue weighted by Gasteiger charge is -2.03. The summed E-state index contributed by atoms with van der Waals surface area (Å²) in [6.07, 6.45) is -3.41. The van der Waals surface area contributed by atoms with E-state index in [1.165, 1.54) is 0 Å². The van der Waals surface area contributed by atoms with Crippen molar-refractivity contribution >= 4 is 27.9 Å². The fourth-order valence-electron chi connectivity index (χ4n) is 1.85. The van der Waals surface area contributed by atoms with E-state index < -0.39 is 17.8 Å². The molecule has 8 heteroatoms. The lowest BCUT2D eigenvalue weighted by Crippen LogP contribution is -2.12. The predicted octanol–water partition coefficient (Wildman–Crippen LogP) is 3.67. The van der Waals surface area contributed by atoms with Gasteiger partial charge < -0.3 is 5.32 Å². The highest BCUT2D eigenvalue weighted by molar-refractivity contribution is 7.16. The number of hydrogen-bond donors (Lipinski definition) is 1. The molecule has 0 bridgehead atoms. The van der Waals surface area contributed by atoms with Gasteiger partial charge in [-0.15, -0.1) is 11.3 Å². The van der Waals surface area contributed by atoms with E-state index in [0.717, 1.165) is 27.4 Å². The maximum atomic E-state index is 12.8. The molecule has 1 aromatic carbocycles. The second-order valence-corrected chi connectivity index (χ2v) is 5.07. The first kappa shape index (κ1) is 13.6. The molecule has 2 heterocycles. The Bertz CT molecular complexity index is 792. The Kier molecular flexibility index (Phi) is 3.17. The van der Waals surface area contributed by atoms with E-state index in [2.05, 4.69) is 10.3 Å². The van der Waals surface area contributed by atoms with Gasteiger partial charge in [0.25, 0.3) is 5.91 Å². The van der Waals surface area contributed by atoms with Gasteiger partial charge >= 0.3 is 6.18 Å². The number of thiazole rings is 1. The molecule has 3 aromatic rings. The van der Waals surface area contributed by atoms with Crippen LogP contribution in [0, 0.1) is 0 Å². The van der Waals surface area contributed by atoms with Crippen molar-refractivity contribution in [3.63, 3.8) is 0 Å². The number of halogens is 3. The van der Waals surface area contributed by atoms with Gasteiger partial charge in [-0.25, -0.2) is 4.98 Å². The van der Waals surface area contributed by atoms with E-state index in [9.17, 15) is 18.0 Å². The Morgan fingerprint density at radius 3 is 2.62 bits per heavy atom. The average Bonchev–Trinajstić information content (AvgIpc) is 3.02. The van der Waals surface area contributed by atoms with E-state index in [0.29, 0.717) is 5.56 Å². The number of nitrogens with zero attached hydrogens (tertiary/aromatic N) is 2. The molecule has 0 aliphatic rings. The van der Waals surface area contributed by atoms with Crippen LogP contribution in [-0.4, -0.2) is 15.3 Å². The number of carbonyl (C=O) groups is 1. The van der Waals surface area contributed by atoms with Crippen molar-refractivity contribution in [2.45, 2.75) is 6.18 Å². The van der Waals surface area contributed by atoms with Gasteiger partial charge in [0.1, 0.15) is 16.9 Å². The third kappa shape index (κ3) is 2.49. The molecule has 3 rings (SSSR count). The third-order valence-electron chi connectivity index (χ3n) is 2.82. The molecule has 0 aliphatic heterocycles. The molecule has 21 heavy (non-hydrogen) atoms. The number of rotatable bonds is 2. The lowest BCUT2D eigenvalue weighted by atomic mass is 10.2. The number of amides is 1. The van der Waals surface area contributed by atoms with Crippen LogP contribution in [-0.2, 0) is 6.18 Å². The smallest absolute Gasteiger partial charge is 0.304 e. The summed E-state index contributed by atoms with van der Waals surface area (Å²) < 4.78 is 39.2. The van der Waals surface area contributed by atoms with Crippen LogP contribution >= 0.6 is 11.3 Å². The molecule has 0 saturated heterocycles. The SMILES string of the molecule is O=C(Nc1ncn2c(C(F)(F)F)csc12)c1ccccc1. The van der Waals surface area contributed by atoms with Crippen molar-refractivity contribution in [2.75, 3.05) is 5.32 Å². The standard InChI is InChI=1S/C13H8F3N3OS/c14-13(15,16)9-6-21-12-10(17-7-19(9)12)18-11(20)8-4-2-1-3-5-8/h1-7H,(H,18,20). The van der Waals surface area contributed by atoms with Crippen LogP contribution in [0.4, 0.5) is 19.0 Å². The van der Waals surface area contributed by atoms with E-state index in [1.807, 2.05) is 0 Å². The maximum absolute atomic E-state index is 12.8. The van der Waals surface area contributed by atoms with Crippen molar-refractivity contribution < 1.29 is 18.0 Å². The van der Waals surface area contributed by atoms with Gasteiger partial charge in [-0.1, -0.05) is 18.2 Å². The van der Waals surface area contributed by atoms with Crippen LogP contribution in [0.1, 0.15) is 16.1 Å². The van der Waals surface area contributed by atoms with Crippen LogP contribution in [0.25, 0.3) is 4.83 Å². The average molecular weight is 311 g/mol. The van der Waals surface area contributed by atoms with E-state index >= 15 is 0 Å². The minimum atomic E-state index is -4.46. The van der Waals surface area contributed by atoms with Gasteiger partial charge in [0, 0.05) is 10.9 Å². The summed E-state index contributed by atoms with van der Waals surface area (Å²) >= 11 is 0.877. The van der Waals surface area contributed by atoms with Gasteiger partial charge in [-0.3, -0.25) is 9.20 Å². The molecule has 108 valence electrons. The zero-order valence-corrected chi connectivity index (χ0v) is 11.2. The third-order valence-corrected chi connectivity index (χ3v) is 3.78. The zero-order valence-electron chi connectivity index (χ0n) is 10.4. The van der Waals surface area contributed by atoms with Gasteiger partial charge in [0.15, 0.2) is 5.82 Å². The summed E-state index contributed by atoms with van der Waals surface area (Å²) in [5.41, 5.74) is -0.401. The molecule has 0 radical (unpaired) electrons. The summed E-state index contributed by atoms with van der Waals surface area (Å²) in [6, 6.07) is 8.38. The molecule has 0 saturated carbocycles. The van der Waals surface area contributed by atoms with Gasteiger partial charge in [0.05, 0.1) is 0 Å². The van der Waals surface area contributed by atoms with Crippen LogP contribution in [0.3, 0.4) is 0 Å². The number of nitrogens with one attached hydrogen (secondary N) is 1. The summed E-state index contributed by atoms with van der Waals surface area (Å²) in [4.78, 5) is 16.1. The number of alkyl halides is 3. The molecule has 0 spiro atoms. The first-order chi connectivity index (χ1) is 9.97. The van der Waals surface area contributed by atoms with Crippen molar-refractivity contribution in [1.82, 2.24) is 9.38 Å². The van der Waals surface area contributed by atoms with E-state index in [1.54, 1.807) is 30.3 Å². The quantitative estimate of drug-likeness (QED) is 0.785. The number of fused-ring (bicyclic) bond motifs is 1. The Morgan fingerprint density at radius 1 is 1.24 bits per heavy atom. The number of aromatic nitrogens is 2. The summed E-state index contributed by atoms with van der Waals surface area (Å²) in [5, 5.41) is 3.51. The number of hydrogen-bond acceptors (Lipinski definition) is 3. The van der Waals surface area contributed by atoms with Crippen LogP contribution in [0.15, 0.2) is 42.0 Å². The molecule has 4 nitrogen and oxygen atoms in total. The van der Waals surface area contributed by atoms with Crippen molar-refractivity contribution in [2.24, 2.45) is 0 Å². The minimum Gasteiger partial charge on any atom is -0.304 e. The van der Waals surface area contributed by atoms with Crippen molar-refractivity contribution in [3.8, 4) is 0 Å². The molecular weight excluding hydrogens is 303 g/mol. The Labute approximate surface area is 120 Å². The zero-order chi connectivity index (χ0) is 15.0. The molecule has 0 fully saturated rings. The molecule has 0 atom stereocenters. The summed E-state index contributed by atoms with van der Waals surface area (Å²) in [6.45, 7) is 0. The molecule has 2 aromatic heterocycles. The van der Waals surface area contributed by atoms with E-state index in [-0.39, 0.29) is 10.6 Å². The Morgan fingerprint density at radius 2 is 1.95 bits per heavy atom. The Hall–Kier alpha value is -2.35. The highest BCUT2D eigenvalue weighted by Crippen LogP contribution is 2.34. The number of imidazole rings is 1.